The molecular formula is C21H28N6O2S. The number of anilines is 1. The molecule has 1 aliphatic rings. The van der Waals surface area contributed by atoms with Gasteiger partial charge in [-0.15, -0.1) is 0 Å². The lowest BCUT2D eigenvalue weighted by Crippen LogP contribution is -2.50. The summed E-state index contributed by atoms with van der Waals surface area (Å²) >= 11 is 0. The number of pyridine rings is 2. The highest BCUT2D eigenvalue weighted by molar-refractivity contribution is 7.89. The van der Waals surface area contributed by atoms with E-state index in [2.05, 4.69) is 33.3 Å². The number of imidazole rings is 1. The number of aromatic nitrogens is 4. The maximum absolute atomic E-state index is 12.3. The first-order valence-corrected chi connectivity index (χ1v) is 11.8. The van der Waals surface area contributed by atoms with Gasteiger partial charge in [-0.05, 0) is 37.5 Å². The first kappa shape index (κ1) is 20.7. The first-order chi connectivity index (χ1) is 14.3. The number of hydrogen-bond donors (Lipinski definition) is 1. The van der Waals surface area contributed by atoms with E-state index in [-0.39, 0.29) is 11.2 Å². The van der Waals surface area contributed by atoms with E-state index in [1.54, 1.807) is 30.7 Å². The Morgan fingerprint density at radius 2 is 1.90 bits per heavy atom. The van der Waals surface area contributed by atoms with Crippen molar-refractivity contribution >= 4 is 26.9 Å². The standard InChI is InChI=1S/C21H28N6O2S/c1-5-15-6-18(17-11-27(12-17)30(28,29)14(2)3)22-8-16(15)9-23-21-7-20-19(10-24-21)25-13-26(20)4/h6-8,10,13-14,17H,5,9,11-12H2,1-4H3,(H,23,24). The van der Waals surface area contributed by atoms with Gasteiger partial charge in [0, 0.05) is 50.6 Å². The van der Waals surface area contributed by atoms with Gasteiger partial charge in [-0.2, -0.15) is 0 Å². The zero-order valence-electron chi connectivity index (χ0n) is 17.8. The summed E-state index contributed by atoms with van der Waals surface area (Å²) in [6, 6.07) is 4.12. The van der Waals surface area contributed by atoms with Gasteiger partial charge in [0.05, 0.1) is 23.3 Å². The maximum atomic E-state index is 12.3. The number of rotatable bonds is 7. The second-order valence-electron chi connectivity index (χ2n) is 8.11. The molecular weight excluding hydrogens is 400 g/mol. The number of nitrogens with zero attached hydrogens (tertiary/aromatic N) is 5. The molecule has 0 saturated carbocycles. The molecule has 0 unspecified atom stereocenters. The monoisotopic (exact) mass is 428 g/mol. The Labute approximate surface area is 177 Å². The summed E-state index contributed by atoms with van der Waals surface area (Å²) in [4.78, 5) is 13.4. The van der Waals surface area contributed by atoms with Crippen molar-refractivity contribution in [2.75, 3.05) is 18.4 Å². The van der Waals surface area contributed by atoms with Crippen LogP contribution in [0.4, 0.5) is 5.82 Å². The molecule has 160 valence electrons. The predicted molar refractivity (Wildman–Crippen MR) is 118 cm³/mol. The first-order valence-electron chi connectivity index (χ1n) is 10.3. The van der Waals surface area contributed by atoms with Crippen LogP contribution in [0.25, 0.3) is 11.0 Å². The van der Waals surface area contributed by atoms with Crippen molar-refractivity contribution in [3.8, 4) is 0 Å². The van der Waals surface area contributed by atoms with Crippen LogP contribution >= 0.6 is 0 Å². The molecule has 30 heavy (non-hydrogen) atoms. The lowest BCUT2D eigenvalue weighted by molar-refractivity contribution is 0.258. The molecule has 8 nitrogen and oxygen atoms in total. The molecule has 4 rings (SSSR count). The number of aryl methyl sites for hydroxylation is 2. The second-order valence-corrected chi connectivity index (χ2v) is 10.6. The van der Waals surface area contributed by atoms with Crippen molar-refractivity contribution in [3.05, 3.63) is 47.7 Å². The van der Waals surface area contributed by atoms with Crippen molar-refractivity contribution in [1.82, 2.24) is 23.8 Å². The summed E-state index contributed by atoms with van der Waals surface area (Å²) in [5.74, 6) is 0.963. The van der Waals surface area contributed by atoms with Crippen molar-refractivity contribution in [2.45, 2.75) is 44.9 Å². The van der Waals surface area contributed by atoms with E-state index in [0.29, 0.717) is 19.6 Å². The highest BCUT2D eigenvalue weighted by atomic mass is 32.2. The van der Waals surface area contributed by atoms with Gasteiger partial charge in [-0.3, -0.25) is 4.98 Å². The Morgan fingerprint density at radius 1 is 1.13 bits per heavy atom. The zero-order valence-corrected chi connectivity index (χ0v) is 18.6. The third-order valence-corrected chi connectivity index (χ3v) is 7.99. The van der Waals surface area contributed by atoms with E-state index in [0.717, 1.165) is 34.5 Å². The molecule has 0 spiro atoms. The van der Waals surface area contributed by atoms with Gasteiger partial charge < -0.3 is 9.88 Å². The Balaban J connectivity index is 1.44. The fourth-order valence-electron chi connectivity index (χ4n) is 3.70. The van der Waals surface area contributed by atoms with Crippen LogP contribution in [0.2, 0.25) is 0 Å². The number of sulfonamides is 1. The fraction of sp³-hybridized carbons (Fsp3) is 0.476. The Morgan fingerprint density at radius 3 is 2.60 bits per heavy atom. The van der Waals surface area contributed by atoms with E-state index in [1.165, 1.54) is 5.56 Å². The van der Waals surface area contributed by atoms with Crippen LogP contribution in [-0.4, -0.2) is 50.6 Å². The quantitative estimate of drug-likeness (QED) is 0.622. The topological polar surface area (TPSA) is 93.0 Å². The van der Waals surface area contributed by atoms with Crippen molar-refractivity contribution in [2.24, 2.45) is 7.05 Å². The molecule has 4 heterocycles. The van der Waals surface area contributed by atoms with Crippen molar-refractivity contribution in [1.29, 1.82) is 0 Å². The van der Waals surface area contributed by atoms with Gasteiger partial charge in [0.15, 0.2) is 0 Å². The van der Waals surface area contributed by atoms with Crippen molar-refractivity contribution < 1.29 is 8.42 Å². The van der Waals surface area contributed by atoms with Crippen molar-refractivity contribution in [3.63, 3.8) is 0 Å². The third-order valence-electron chi connectivity index (χ3n) is 5.78. The van der Waals surface area contributed by atoms with Crippen LogP contribution in [0, 0.1) is 0 Å². The molecule has 0 amide bonds. The summed E-state index contributed by atoms with van der Waals surface area (Å²) in [6.45, 7) is 7.23. The van der Waals surface area contributed by atoms with Crippen LogP contribution in [0.15, 0.2) is 30.9 Å². The fourth-order valence-corrected chi connectivity index (χ4v) is 5.07. The average molecular weight is 429 g/mol. The van der Waals surface area contributed by atoms with Crippen LogP contribution in [-0.2, 0) is 30.0 Å². The van der Waals surface area contributed by atoms with Gasteiger partial charge in [-0.1, -0.05) is 6.92 Å². The molecule has 9 heteroatoms. The summed E-state index contributed by atoms with van der Waals surface area (Å²) < 4.78 is 28.0. The molecule has 0 radical (unpaired) electrons. The van der Waals surface area contributed by atoms with Gasteiger partial charge in [0.2, 0.25) is 10.0 Å². The highest BCUT2D eigenvalue weighted by Crippen LogP contribution is 2.30. The predicted octanol–water partition coefficient (Wildman–Crippen LogP) is 2.68. The average Bonchev–Trinajstić information content (AvgIpc) is 3.05. The van der Waals surface area contributed by atoms with E-state index in [4.69, 9.17) is 0 Å². The number of nitrogens with one attached hydrogen (secondary N) is 1. The Bertz CT molecular complexity index is 1170. The van der Waals surface area contributed by atoms with Crippen LogP contribution in [0.1, 0.15) is 43.5 Å². The Kier molecular flexibility index (Phi) is 5.50. The third kappa shape index (κ3) is 3.79. The lowest BCUT2D eigenvalue weighted by atomic mass is 9.95. The number of fused-ring (bicyclic) bond motifs is 1. The normalized spacial score (nSPS) is 15.6. The molecule has 1 fully saturated rings. The van der Waals surface area contributed by atoms with E-state index >= 15 is 0 Å². The van der Waals surface area contributed by atoms with Crippen LogP contribution in [0.3, 0.4) is 0 Å². The molecule has 0 bridgehead atoms. The summed E-state index contributed by atoms with van der Waals surface area (Å²) in [7, 11) is -1.21. The Hall–Kier alpha value is -2.52. The molecule has 0 atom stereocenters. The zero-order chi connectivity index (χ0) is 21.5. The molecule has 3 aromatic heterocycles. The molecule has 0 aliphatic carbocycles. The smallest absolute Gasteiger partial charge is 0.216 e. The highest BCUT2D eigenvalue weighted by Gasteiger charge is 2.38. The minimum absolute atomic E-state index is 0.166. The summed E-state index contributed by atoms with van der Waals surface area (Å²) in [6.07, 6.45) is 6.35. The van der Waals surface area contributed by atoms with Crippen LogP contribution in [0.5, 0.6) is 0 Å². The van der Waals surface area contributed by atoms with E-state index < -0.39 is 10.0 Å². The molecule has 1 aliphatic heterocycles. The van der Waals surface area contributed by atoms with Gasteiger partial charge in [0.1, 0.15) is 11.3 Å². The van der Waals surface area contributed by atoms with Gasteiger partial charge in [0.25, 0.3) is 0 Å². The van der Waals surface area contributed by atoms with E-state index in [1.807, 2.05) is 23.9 Å². The lowest BCUT2D eigenvalue weighted by Gasteiger charge is -2.39. The van der Waals surface area contributed by atoms with E-state index in [9.17, 15) is 8.42 Å². The summed E-state index contributed by atoms with van der Waals surface area (Å²) in [5.41, 5.74) is 5.22. The SMILES string of the molecule is CCc1cc(C2CN(S(=O)(=O)C(C)C)C2)ncc1CNc1cc2c(cn1)ncn2C. The minimum Gasteiger partial charge on any atom is -0.366 e. The van der Waals surface area contributed by atoms with Crippen LogP contribution < -0.4 is 5.32 Å². The molecule has 1 N–H and O–H groups in total. The largest absolute Gasteiger partial charge is 0.366 e. The maximum Gasteiger partial charge on any atom is 0.216 e. The van der Waals surface area contributed by atoms with Gasteiger partial charge in [-0.25, -0.2) is 22.7 Å². The number of hydrogen-bond acceptors (Lipinski definition) is 6. The summed E-state index contributed by atoms with van der Waals surface area (Å²) in [5, 5.41) is 3.00. The molecule has 1 saturated heterocycles. The minimum atomic E-state index is -3.18. The molecule has 3 aromatic rings. The second kappa shape index (κ2) is 7.96. The molecule has 0 aromatic carbocycles. The van der Waals surface area contributed by atoms with Gasteiger partial charge >= 0.3 is 0 Å².